The fourth-order valence-electron chi connectivity index (χ4n) is 6.62. The summed E-state index contributed by atoms with van der Waals surface area (Å²) in [6.07, 6.45) is 7.68. The Bertz CT molecular complexity index is 1810. The van der Waals surface area contributed by atoms with Crippen LogP contribution in [-0.4, -0.2) is 5.97 Å². The molecule has 3 heteroatoms. The number of esters is 1. The molecule has 0 bridgehead atoms. The smallest absolute Gasteiger partial charge is 0.338 e. The Labute approximate surface area is 273 Å². The summed E-state index contributed by atoms with van der Waals surface area (Å²) < 4.78 is 5.48. The number of benzene rings is 5. The number of anilines is 3. The number of carbonyl (C=O) groups excluding carboxylic acids is 1. The van der Waals surface area contributed by atoms with E-state index in [9.17, 15) is 4.79 Å². The molecule has 5 aromatic carbocycles. The van der Waals surface area contributed by atoms with Crippen LogP contribution in [0.15, 0.2) is 140 Å². The van der Waals surface area contributed by atoms with E-state index < -0.39 is 5.97 Å². The number of nitrogens with zero attached hydrogens (tertiary/aromatic N) is 1. The molecule has 0 spiro atoms. The molecule has 46 heavy (non-hydrogen) atoms. The normalized spacial score (nSPS) is 13.9. The van der Waals surface area contributed by atoms with Crippen molar-refractivity contribution < 1.29 is 9.53 Å². The molecule has 5 aromatic rings. The van der Waals surface area contributed by atoms with Gasteiger partial charge in [0.25, 0.3) is 0 Å². The van der Waals surface area contributed by atoms with Gasteiger partial charge in [-0.05, 0) is 103 Å². The van der Waals surface area contributed by atoms with Gasteiger partial charge in [0.2, 0.25) is 0 Å². The van der Waals surface area contributed by atoms with E-state index in [0.29, 0.717) is 11.3 Å². The quantitative estimate of drug-likeness (QED) is 0.0953. The lowest BCUT2D eigenvalue weighted by Gasteiger charge is -2.39. The Morgan fingerprint density at radius 3 is 1.63 bits per heavy atom. The Hall–Kier alpha value is -5.15. The van der Waals surface area contributed by atoms with Crippen LogP contribution in [-0.2, 0) is 10.2 Å². The van der Waals surface area contributed by atoms with Gasteiger partial charge in [0.05, 0.1) is 0 Å². The van der Waals surface area contributed by atoms with E-state index >= 15 is 0 Å². The number of hydrogen-bond acceptors (Lipinski definition) is 3. The zero-order valence-corrected chi connectivity index (χ0v) is 26.8. The van der Waals surface area contributed by atoms with Crippen molar-refractivity contribution in [3.05, 3.63) is 162 Å². The third-order valence-corrected chi connectivity index (χ3v) is 9.25. The highest BCUT2D eigenvalue weighted by Crippen LogP contribution is 2.46. The second kappa shape index (κ2) is 13.5. The molecule has 230 valence electrons. The zero-order chi connectivity index (χ0) is 32.1. The van der Waals surface area contributed by atoms with Crippen LogP contribution in [0.5, 0.6) is 5.75 Å². The van der Waals surface area contributed by atoms with E-state index in [1.807, 2.05) is 18.2 Å². The molecule has 0 atom stereocenters. The van der Waals surface area contributed by atoms with Crippen LogP contribution in [0.2, 0.25) is 0 Å². The third kappa shape index (κ3) is 6.46. The number of ether oxygens (including phenoxy) is 1. The summed E-state index contributed by atoms with van der Waals surface area (Å²) in [6.45, 7) is 11.4. The molecule has 0 amide bonds. The minimum atomic E-state index is -0.398. The van der Waals surface area contributed by atoms with Crippen molar-refractivity contribution in [3.8, 4) is 16.9 Å². The Morgan fingerprint density at radius 1 is 0.674 bits per heavy atom. The molecule has 0 radical (unpaired) electrons. The minimum Gasteiger partial charge on any atom is -0.423 e. The highest BCUT2D eigenvalue weighted by molar-refractivity contribution is 5.88. The molecule has 0 unspecified atom stereocenters. The molecular weight excluding hydrogens is 562 g/mol. The van der Waals surface area contributed by atoms with Crippen LogP contribution in [0.25, 0.3) is 17.2 Å². The molecule has 0 aliphatic heterocycles. The Balaban J connectivity index is 1.33. The maximum Gasteiger partial charge on any atom is 0.338 e. The van der Waals surface area contributed by atoms with Gasteiger partial charge in [0.1, 0.15) is 5.75 Å². The van der Waals surface area contributed by atoms with Gasteiger partial charge in [-0.1, -0.05) is 117 Å². The summed E-state index contributed by atoms with van der Waals surface area (Å²) in [5.41, 5.74) is 11.0. The Kier molecular flexibility index (Phi) is 9.03. The van der Waals surface area contributed by atoms with Crippen molar-refractivity contribution in [2.24, 2.45) is 0 Å². The fourth-order valence-corrected chi connectivity index (χ4v) is 6.62. The van der Waals surface area contributed by atoms with Gasteiger partial charge in [-0.3, -0.25) is 0 Å². The average Bonchev–Trinajstić information content (AvgIpc) is 3.10. The maximum atomic E-state index is 12.1. The molecule has 1 fully saturated rings. The van der Waals surface area contributed by atoms with E-state index in [-0.39, 0.29) is 5.41 Å². The second-order valence-electron chi connectivity index (χ2n) is 12.4. The molecule has 1 aliphatic rings. The van der Waals surface area contributed by atoms with Gasteiger partial charge in [0, 0.05) is 28.1 Å². The molecular formula is C43H41NO2. The van der Waals surface area contributed by atoms with Crippen molar-refractivity contribution in [2.45, 2.75) is 51.4 Å². The van der Waals surface area contributed by atoms with Crippen molar-refractivity contribution >= 4 is 29.1 Å². The number of hydrogen-bond donors (Lipinski definition) is 0. The first kappa shape index (κ1) is 30.9. The SMILES string of the molecule is C=Cc1ccc(-c2ccc(N(c3ccc(C)cc3)c3ccc(C4(c5ccc(OC(=O)C(=C)C)cc5)CCCCC4)cc3)cc2)cc1. The monoisotopic (exact) mass is 603 g/mol. The molecule has 6 rings (SSSR count). The lowest BCUT2D eigenvalue weighted by molar-refractivity contribution is -0.130. The van der Waals surface area contributed by atoms with Crippen molar-refractivity contribution in [2.75, 3.05) is 4.90 Å². The van der Waals surface area contributed by atoms with Crippen molar-refractivity contribution in [1.82, 2.24) is 0 Å². The van der Waals surface area contributed by atoms with E-state index in [4.69, 9.17) is 4.74 Å². The predicted octanol–water partition coefficient (Wildman–Crippen LogP) is 11.5. The molecule has 3 nitrogen and oxygen atoms in total. The van der Waals surface area contributed by atoms with Gasteiger partial charge in [-0.2, -0.15) is 0 Å². The van der Waals surface area contributed by atoms with Gasteiger partial charge < -0.3 is 9.64 Å². The topological polar surface area (TPSA) is 29.5 Å². The van der Waals surface area contributed by atoms with Crippen LogP contribution in [0, 0.1) is 6.92 Å². The number of aryl methyl sites for hydroxylation is 1. The largest absolute Gasteiger partial charge is 0.423 e. The molecule has 0 N–H and O–H groups in total. The van der Waals surface area contributed by atoms with Crippen LogP contribution >= 0.6 is 0 Å². The Morgan fingerprint density at radius 2 is 1.13 bits per heavy atom. The number of rotatable bonds is 9. The second-order valence-corrected chi connectivity index (χ2v) is 12.4. The van der Waals surface area contributed by atoms with Gasteiger partial charge >= 0.3 is 5.97 Å². The zero-order valence-electron chi connectivity index (χ0n) is 26.8. The van der Waals surface area contributed by atoms with Crippen molar-refractivity contribution in [3.63, 3.8) is 0 Å². The van der Waals surface area contributed by atoms with Crippen LogP contribution < -0.4 is 9.64 Å². The summed E-state index contributed by atoms with van der Waals surface area (Å²) in [5.74, 6) is 0.150. The molecule has 0 saturated heterocycles. The lowest BCUT2D eigenvalue weighted by Crippen LogP contribution is -2.30. The molecule has 0 aromatic heterocycles. The highest BCUT2D eigenvalue weighted by atomic mass is 16.5. The summed E-state index contributed by atoms with van der Waals surface area (Å²) in [7, 11) is 0. The summed E-state index contributed by atoms with van der Waals surface area (Å²) in [6, 6.07) is 43.2. The predicted molar refractivity (Wildman–Crippen MR) is 192 cm³/mol. The van der Waals surface area contributed by atoms with E-state index in [1.54, 1.807) is 6.92 Å². The first-order chi connectivity index (χ1) is 22.4. The molecule has 0 heterocycles. The highest BCUT2D eigenvalue weighted by Gasteiger charge is 2.36. The van der Waals surface area contributed by atoms with Gasteiger partial charge in [-0.25, -0.2) is 4.79 Å². The van der Waals surface area contributed by atoms with E-state index in [2.05, 4.69) is 134 Å². The lowest BCUT2D eigenvalue weighted by atomic mass is 9.65. The molecule has 1 aliphatic carbocycles. The minimum absolute atomic E-state index is 0.0782. The third-order valence-electron chi connectivity index (χ3n) is 9.25. The summed E-state index contributed by atoms with van der Waals surface area (Å²) in [4.78, 5) is 14.4. The standard InChI is InChI=1S/C43H41NO2/c1-5-33-11-13-34(14-12-33)35-15-23-39(24-16-35)44(38-21-9-32(4)10-22-38)40-25-17-36(18-26-40)43(29-7-6-8-30-43)37-19-27-41(28-20-37)46-42(45)31(2)3/h5,9-28H,1-2,6-8,29-30H2,3-4H3. The fraction of sp³-hybridized carbons (Fsp3) is 0.186. The average molecular weight is 604 g/mol. The van der Waals surface area contributed by atoms with Crippen LogP contribution in [0.1, 0.15) is 61.3 Å². The van der Waals surface area contributed by atoms with Crippen LogP contribution in [0.3, 0.4) is 0 Å². The van der Waals surface area contributed by atoms with Crippen molar-refractivity contribution in [1.29, 1.82) is 0 Å². The first-order valence-corrected chi connectivity index (χ1v) is 16.1. The first-order valence-electron chi connectivity index (χ1n) is 16.1. The van der Waals surface area contributed by atoms with E-state index in [1.165, 1.54) is 47.1 Å². The van der Waals surface area contributed by atoms with Crippen LogP contribution in [0.4, 0.5) is 17.1 Å². The number of carbonyl (C=O) groups is 1. The maximum absolute atomic E-state index is 12.1. The van der Waals surface area contributed by atoms with Gasteiger partial charge in [-0.15, -0.1) is 0 Å². The van der Waals surface area contributed by atoms with Gasteiger partial charge in [0.15, 0.2) is 0 Å². The van der Waals surface area contributed by atoms with E-state index in [0.717, 1.165) is 35.5 Å². The summed E-state index contributed by atoms with van der Waals surface area (Å²) in [5, 5.41) is 0. The summed E-state index contributed by atoms with van der Waals surface area (Å²) >= 11 is 0. The molecule has 1 saturated carbocycles.